The van der Waals surface area contributed by atoms with Gasteiger partial charge in [-0.15, -0.1) is 0 Å². The van der Waals surface area contributed by atoms with Gasteiger partial charge in [-0.2, -0.15) is 0 Å². The SMILES string of the molecule is COC(=O)c1sc(N2C(=O)c3oc4ccc(Cl)cc4c(=O)c3C2c2ccc(OCc3ccccc3)cc2)nc1C. The van der Waals surface area contributed by atoms with Gasteiger partial charge in [0.05, 0.1) is 29.8 Å². The van der Waals surface area contributed by atoms with Crippen LogP contribution in [0, 0.1) is 6.92 Å². The average molecular weight is 573 g/mol. The number of carbonyl (C=O) groups excluding carboxylic acids is 2. The number of nitrogens with zero attached hydrogens (tertiary/aromatic N) is 2. The van der Waals surface area contributed by atoms with Crippen LogP contribution in [0.3, 0.4) is 0 Å². The monoisotopic (exact) mass is 572 g/mol. The molecule has 1 atom stereocenters. The fourth-order valence-electron chi connectivity index (χ4n) is 4.71. The van der Waals surface area contributed by atoms with E-state index in [0.717, 1.165) is 16.9 Å². The molecule has 0 radical (unpaired) electrons. The molecule has 0 fully saturated rings. The van der Waals surface area contributed by atoms with Crippen molar-refractivity contribution in [3.8, 4) is 5.75 Å². The van der Waals surface area contributed by atoms with Gasteiger partial charge in [0.15, 0.2) is 10.6 Å². The molecular weight excluding hydrogens is 552 g/mol. The lowest BCUT2D eigenvalue weighted by Gasteiger charge is -2.22. The van der Waals surface area contributed by atoms with Crippen molar-refractivity contribution in [3.05, 3.63) is 121 Å². The third-order valence-electron chi connectivity index (χ3n) is 6.64. The molecular formula is C30H21ClN2O6S. The maximum absolute atomic E-state index is 13.8. The first-order chi connectivity index (χ1) is 19.4. The van der Waals surface area contributed by atoms with Gasteiger partial charge in [-0.3, -0.25) is 14.5 Å². The van der Waals surface area contributed by atoms with E-state index in [9.17, 15) is 14.4 Å². The maximum Gasteiger partial charge on any atom is 0.350 e. The predicted octanol–water partition coefficient (Wildman–Crippen LogP) is 6.33. The number of hydrogen-bond donors (Lipinski definition) is 0. The molecule has 5 aromatic rings. The molecule has 6 rings (SSSR count). The van der Waals surface area contributed by atoms with E-state index >= 15 is 0 Å². The third-order valence-corrected chi connectivity index (χ3v) is 8.01. The lowest BCUT2D eigenvalue weighted by Crippen LogP contribution is -2.29. The molecule has 0 spiro atoms. The van der Waals surface area contributed by atoms with Gasteiger partial charge >= 0.3 is 5.97 Å². The first-order valence-corrected chi connectivity index (χ1v) is 13.5. The average Bonchev–Trinajstić information content (AvgIpc) is 3.49. The summed E-state index contributed by atoms with van der Waals surface area (Å²) in [6, 6.07) is 20.8. The van der Waals surface area contributed by atoms with E-state index in [4.69, 9.17) is 25.5 Å². The number of carbonyl (C=O) groups is 2. The van der Waals surface area contributed by atoms with Crippen molar-refractivity contribution >= 4 is 50.9 Å². The molecule has 0 saturated heterocycles. The number of esters is 1. The van der Waals surface area contributed by atoms with Crippen LogP contribution in [0.2, 0.25) is 5.02 Å². The standard InChI is InChI=1S/C30H21ClN2O6S/c1-16-27(29(36)37-2)40-30(32-16)33-24(18-8-11-20(12-9-18)38-15-17-6-4-3-5-7-17)23-25(34)21-14-19(31)10-13-22(21)39-26(23)28(33)35/h3-14,24H,15H2,1-2H3. The zero-order valence-corrected chi connectivity index (χ0v) is 22.9. The molecule has 3 aromatic carbocycles. The normalized spacial score (nSPS) is 14.4. The molecule has 3 heterocycles. The molecule has 8 nitrogen and oxygen atoms in total. The van der Waals surface area contributed by atoms with Crippen LogP contribution in [-0.2, 0) is 11.3 Å². The minimum absolute atomic E-state index is 0.0818. The summed E-state index contributed by atoms with van der Waals surface area (Å²) in [5, 5.41) is 0.875. The Kier molecular flexibility index (Phi) is 6.61. The Bertz CT molecular complexity index is 1830. The number of ether oxygens (including phenoxy) is 2. The number of aromatic nitrogens is 1. The Morgan fingerprint density at radius 3 is 2.55 bits per heavy atom. The first-order valence-electron chi connectivity index (χ1n) is 12.3. The number of aryl methyl sites for hydroxylation is 1. The summed E-state index contributed by atoms with van der Waals surface area (Å²) in [6.07, 6.45) is 0. The fourth-order valence-corrected chi connectivity index (χ4v) is 5.90. The summed E-state index contributed by atoms with van der Waals surface area (Å²) in [4.78, 5) is 46.1. The van der Waals surface area contributed by atoms with Gasteiger partial charge < -0.3 is 13.9 Å². The molecule has 0 aliphatic carbocycles. The topological polar surface area (TPSA) is 98.9 Å². The van der Waals surface area contributed by atoms with Crippen molar-refractivity contribution in [2.75, 3.05) is 12.0 Å². The number of amides is 1. The van der Waals surface area contributed by atoms with Crippen molar-refractivity contribution in [1.82, 2.24) is 4.98 Å². The molecule has 40 heavy (non-hydrogen) atoms. The van der Waals surface area contributed by atoms with Gasteiger partial charge in [-0.05, 0) is 48.4 Å². The minimum Gasteiger partial charge on any atom is -0.489 e. The van der Waals surface area contributed by atoms with Crippen molar-refractivity contribution in [2.24, 2.45) is 0 Å². The van der Waals surface area contributed by atoms with E-state index in [1.54, 1.807) is 43.3 Å². The molecule has 0 N–H and O–H groups in total. The highest BCUT2D eigenvalue weighted by Gasteiger charge is 2.45. The molecule has 10 heteroatoms. The summed E-state index contributed by atoms with van der Waals surface area (Å²) in [6.45, 7) is 2.05. The first kappa shape index (κ1) is 25.8. The third kappa shape index (κ3) is 4.43. The molecule has 1 unspecified atom stereocenters. The van der Waals surface area contributed by atoms with E-state index in [-0.39, 0.29) is 37.7 Å². The summed E-state index contributed by atoms with van der Waals surface area (Å²) in [7, 11) is 1.28. The number of rotatable bonds is 6. The highest BCUT2D eigenvalue weighted by molar-refractivity contribution is 7.17. The van der Waals surface area contributed by atoms with E-state index in [0.29, 0.717) is 28.6 Å². The Morgan fingerprint density at radius 1 is 1.07 bits per heavy atom. The van der Waals surface area contributed by atoms with Crippen LogP contribution in [0.1, 0.15) is 48.7 Å². The smallest absolute Gasteiger partial charge is 0.350 e. The predicted molar refractivity (Wildman–Crippen MR) is 152 cm³/mol. The molecule has 0 bridgehead atoms. The highest BCUT2D eigenvalue weighted by atomic mass is 35.5. The number of anilines is 1. The van der Waals surface area contributed by atoms with E-state index in [1.807, 2.05) is 30.3 Å². The van der Waals surface area contributed by atoms with Gasteiger partial charge in [0.2, 0.25) is 5.76 Å². The zero-order valence-electron chi connectivity index (χ0n) is 21.3. The Hall–Kier alpha value is -4.47. The number of methoxy groups -OCH3 is 1. The second-order valence-electron chi connectivity index (χ2n) is 9.14. The number of halogens is 1. The Morgan fingerprint density at radius 2 is 1.82 bits per heavy atom. The molecule has 1 aliphatic heterocycles. The van der Waals surface area contributed by atoms with Crippen molar-refractivity contribution in [2.45, 2.75) is 19.6 Å². The van der Waals surface area contributed by atoms with Gasteiger partial charge in [0.1, 0.15) is 22.8 Å². The Labute approximate surface area is 237 Å². The van der Waals surface area contributed by atoms with Crippen LogP contribution >= 0.6 is 22.9 Å². The largest absolute Gasteiger partial charge is 0.489 e. The van der Waals surface area contributed by atoms with Gasteiger partial charge in [0.25, 0.3) is 5.91 Å². The summed E-state index contributed by atoms with van der Waals surface area (Å²) < 4.78 is 16.8. The van der Waals surface area contributed by atoms with Crippen LogP contribution in [0.25, 0.3) is 11.0 Å². The van der Waals surface area contributed by atoms with Gasteiger partial charge in [0, 0.05) is 5.02 Å². The lowest BCUT2D eigenvalue weighted by atomic mass is 9.98. The van der Waals surface area contributed by atoms with Crippen LogP contribution in [0.5, 0.6) is 5.75 Å². The minimum atomic E-state index is -0.860. The molecule has 200 valence electrons. The lowest BCUT2D eigenvalue weighted by molar-refractivity contribution is 0.0605. The number of thiazole rings is 1. The summed E-state index contributed by atoms with van der Waals surface area (Å²) >= 11 is 7.19. The number of hydrogen-bond acceptors (Lipinski definition) is 8. The fraction of sp³-hybridized carbons (Fsp3) is 0.133. The molecule has 1 aliphatic rings. The van der Waals surface area contributed by atoms with Crippen LogP contribution < -0.4 is 15.1 Å². The van der Waals surface area contributed by atoms with E-state index in [2.05, 4.69) is 4.98 Å². The van der Waals surface area contributed by atoms with Crippen LogP contribution in [0.15, 0.2) is 82.0 Å². The maximum atomic E-state index is 13.8. The number of fused-ring (bicyclic) bond motifs is 2. The zero-order chi connectivity index (χ0) is 28.0. The van der Waals surface area contributed by atoms with Gasteiger partial charge in [-0.25, -0.2) is 9.78 Å². The second kappa shape index (κ2) is 10.3. The van der Waals surface area contributed by atoms with Crippen molar-refractivity contribution < 1.29 is 23.5 Å². The van der Waals surface area contributed by atoms with Crippen LogP contribution in [0.4, 0.5) is 5.13 Å². The van der Waals surface area contributed by atoms with Gasteiger partial charge in [-0.1, -0.05) is 65.4 Å². The van der Waals surface area contributed by atoms with Crippen molar-refractivity contribution in [3.63, 3.8) is 0 Å². The second-order valence-corrected chi connectivity index (χ2v) is 10.6. The van der Waals surface area contributed by atoms with E-state index in [1.165, 1.54) is 18.1 Å². The summed E-state index contributed by atoms with van der Waals surface area (Å²) in [5.41, 5.74) is 2.13. The highest BCUT2D eigenvalue weighted by Crippen LogP contribution is 2.43. The molecule has 2 aromatic heterocycles. The number of benzene rings is 3. The van der Waals surface area contributed by atoms with Crippen molar-refractivity contribution in [1.29, 1.82) is 0 Å². The Balaban J connectivity index is 1.46. The summed E-state index contributed by atoms with van der Waals surface area (Å²) in [5.74, 6) is -0.555. The molecule has 0 saturated carbocycles. The quantitative estimate of drug-likeness (QED) is 0.219. The molecule has 1 amide bonds. The van der Waals surface area contributed by atoms with E-state index < -0.39 is 17.9 Å². The van der Waals surface area contributed by atoms with Crippen LogP contribution in [-0.4, -0.2) is 24.0 Å².